The normalized spacial score (nSPS) is 16.5. The van der Waals surface area contributed by atoms with E-state index in [1.54, 1.807) is 0 Å². The number of piperazine rings is 1. The lowest BCUT2D eigenvalue weighted by Crippen LogP contribution is -2.49. The summed E-state index contributed by atoms with van der Waals surface area (Å²) in [6.07, 6.45) is 0. The molecule has 1 aliphatic heterocycles. The minimum absolute atomic E-state index is 0.0376. The quantitative estimate of drug-likeness (QED) is 0.633. The molecule has 3 aromatic rings. The fourth-order valence-corrected chi connectivity index (χ4v) is 4.40. The Kier molecular flexibility index (Phi) is 5.84. The Morgan fingerprint density at radius 2 is 1.48 bits per heavy atom. The molecule has 0 saturated carbocycles. The van der Waals surface area contributed by atoms with Crippen LogP contribution in [-0.4, -0.2) is 51.3 Å². The third kappa shape index (κ3) is 4.49. The van der Waals surface area contributed by atoms with Gasteiger partial charge in [-0.25, -0.2) is 4.68 Å². The fourth-order valence-electron chi connectivity index (χ4n) is 4.40. The molecule has 0 aliphatic carbocycles. The lowest BCUT2D eigenvalue weighted by Gasteiger charge is -2.41. The molecule has 1 fully saturated rings. The fraction of sp³-hybridized carbons (Fsp3) is 0.480. The van der Waals surface area contributed by atoms with Crippen molar-refractivity contribution in [1.82, 2.24) is 25.1 Å². The third-order valence-corrected chi connectivity index (χ3v) is 6.15. The van der Waals surface area contributed by atoms with Crippen molar-refractivity contribution in [2.75, 3.05) is 31.1 Å². The highest BCUT2D eigenvalue weighted by Crippen LogP contribution is 2.32. The van der Waals surface area contributed by atoms with Crippen LogP contribution in [-0.2, 0) is 5.54 Å². The van der Waals surface area contributed by atoms with Crippen LogP contribution < -0.4 is 4.90 Å². The van der Waals surface area contributed by atoms with E-state index in [2.05, 4.69) is 109 Å². The molecule has 0 N–H and O–H groups in total. The van der Waals surface area contributed by atoms with Crippen LogP contribution in [0.3, 0.4) is 0 Å². The highest BCUT2D eigenvalue weighted by molar-refractivity contribution is 5.55. The Morgan fingerprint density at radius 3 is 2.13 bits per heavy atom. The van der Waals surface area contributed by atoms with E-state index in [9.17, 15) is 0 Å². The van der Waals surface area contributed by atoms with Gasteiger partial charge < -0.3 is 4.90 Å². The predicted molar refractivity (Wildman–Crippen MR) is 126 cm³/mol. The smallest absolute Gasteiger partial charge is 0.173 e. The van der Waals surface area contributed by atoms with E-state index in [4.69, 9.17) is 0 Å². The van der Waals surface area contributed by atoms with E-state index >= 15 is 0 Å². The van der Waals surface area contributed by atoms with E-state index in [-0.39, 0.29) is 11.6 Å². The molecule has 0 radical (unpaired) electrons. The lowest BCUT2D eigenvalue weighted by atomic mass is 10.00. The number of rotatable bonds is 4. The van der Waals surface area contributed by atoms with Crippen LogP contribution in [0.5, 0.6) is 0 Å². The van der Waals surface area contributed by atoms with Crippen LogP contribution >= 0.6 is 0 Å². The van der Waals surface area contributed by atoms with Gasteiger partial charge in [-0.3, -0.25) is 4.90 Å². The number of anilines is 1. The minimum Gasteiger partial charge on any atom is -0.369 e. The SMILES string of the molecule is Cc1ccc([C@H](c2nnnn2C(C)(C)C)N2CCN(c3cc(C)ccc3C)CC2)cc1. The van der Waals surface area contributed by atoms with Crippen molar-refractivity contribution in [3.8, 4) is 0 Å². The van der Waals surface area contributed by atoms with Crippen molar-refractivity contribution in [3.63, 3.8) is 0 Å². The van der Waals surface area contributed by atoms with E-state index in [1.807, 2.05) is 4.68 Å². The summed E-state index contributed by atoms with van der Waals surface area (Å²) in [4.78, 5) is 5.04. The van der Waals surface area contributed by atoms with Gasteiger partial charge in [0.05, 0.1) is 11.6 Å². The number of nitrogens with zero attached hydrogens (tertiary/aromatic N) is 6. The maximum Gasteiger partial charge on any atom is 0.173 e. The van der Waals surface area contributed by atoms with Crippen LogP contribution in [0.2, 0.25) is 0 Å². The molecular formula is C25H34N6. The van der Waals surface area contributed by atoms with E-state index < -0.39 is 0 Å². The Balaban J connectivity index is 1.64. The van der Waals surface area contributed by atoms with E-state index in [0.29, 0.717) is 0 Å². The summed E-state index contributed by atoms with van der Waals surface area (Å²) in [6.45, 7) is 16.8. The predicted octanol–water partition coefficient (Wildman–Crippen LogP) is 4.26. The number of aromatic nitrogens is 4. The summed E-state index contributed by atoms with van der Waals surface area (Å²) < 4.78 is 1.98. The van der Waals surface area contributed by atoms with Crippen LogP contribution in [0.1, 0.15) is 54.9 Å². The van der Waals surface area contributed by atoms with Gasteiger partial charge in [0.25, 0.3) is 0 Å². The third-order valence-electron chi connectivity index (χ3n) is 6.15. The Morgan fingerprint density at radius 1 is 0.839 bits per heavy atom. The monoisotopic (exact) mass is 418 g/mol. The Bertz CT molecular complexity index is 1020. The van der Waals surface area contributed by atoms with Crippen molar-refractivity contribution in [2.45, 2.75) is 53.1 Å². The first-order chi connectivity index (χ1) is 14.7. The minimum atomic E-state index is -0.178. The molecule has 2 aromatic carbocycles. The first-order valence-electron chi connectivity index (χ1n) is 11.2. The molecule has 31 heavy (non-hydrogen) atoms. The van der Waals surface area contributed by atoms with Gasteiger partial charge >= 0.3 is 0 Å². The molecule has 0 bridgehead atoms. The Hall–Kier alpha value is -2.73. The molecule has 4 rings (SSSR count). The van der Waals surface area contributed by atoms with Gasteiger partial charge in [0, 0.05) is 31.9 Å². The molecule has 6 nitrogen and oxygen atoms in total. The van der Waals surface area contributed by atoms with Gasteiger partial charge in [0.2, 0.25) is 0 Å². The van der Waals surface area contributed by atoms with Crippen LogP contribution in [0.4, 0.5) is 5.69 Å². The lowest BCUT2D eigenvalue weighted by molar-refractivity contribution is 0.191. The molecule has 0 amide bonds. The van der Waals surface area contributed by atoms with Gasteiger partial charge in [0.15, 0.2) is 5.82 Å². The maximum atomic E-state index is 4.51. The summed E-state index contributed by atoms with van der Waals surface area (Å²) in [5.41, 5.74) is 6.33. The van der Waals surface area contributed by atoms with Crippen LogP contribution in [0, 0.1) is 20.8 Å². The van der Waals surface area contributed by atoms with Crippen molar-refractivity contribution in [3.05, 3.63) is 70.5 Å². The topological polar surface area (TPSA) is 50.1 Å². The number of aryl methyl sites for hydroxylation is 3. The number of tetrazole rings is 1. The largest absolute Gasteiger partial charge is 0.369 e. The second-order valence-electron chi connectivity index (χ2n) is 9.75. The number of hydrogen-bond acceptors (Lipinski definition) is 5. The van der Waals surface area contributed by atoms with Gasteiger partial charge in [0.1, 0.15) is 0 Å². The highest BCUT2D eigenvalue weighted by atomic mass is 15.6. The second kappa shape index (κ2) is 8.42. The molecule has 1 aliphatic rings. The number of hydrogen-bond donors (Lipinski definition) is 0. The zero-order valence-corrected chi connectivity index (χ0v) is 19.6. The molecule has 0 unspecified atom stereocenters. The van der Waals surface area contributed by atoms with Crippen molar-refractivity contribution in [1.29, 1.82) is 0 Å². The van der Waals surface area contributed by atoms with Gasteiger partial charge in [-0.15, -0.1) is 5.10 Å². The van der Waals surface area contributed by atoms with Gasteiger partial charge in [-0.05, 0) is 74.7 Å². The first kappa shape index (κ1) is 21.5. The zero-order chi connectivity index (χ0) is 22.2. The maximum absolute atomic E-state index is 4.51. The summed E-state index contributed by atoms with van der Waals surface area (Å²) in [6, 6.07) is 15.6. The molecule has 0 spiro atoms. The van der Waals surface area contributed by atoms with E-state index in [0.717, 1.165) is 32.0 Å². The standard InChI is InChI=1S/C25H34N6/c1-18-8-11-21(12-9-18)23(24-26-27-28-31(24)25(4,5)6)30-15-13-29(14-16-30)22-17-19(2)7-10-20(22)3/h7-12,17,23H,13-16H2,1-6H3/t23-/m1/s1. The average Bonchev–Trinajstić information content (AvgIpc) is 3.22. The zero-order valence-electron chi connectivity index (χ0n) is 19.6. The molecular weight excluding hydrogens is 384 g/mol. The summed E-state index contributed by atoms with van der Waals surface area (Å²) in [5, 5.41) is 12.9. The summed E-state index contributed by atoms with van der Waals surface area (Å²) >= 11 is 0. The van der Waals surface area contributed by atoms with Gasteiger partial charge in [-0.1, -0.05) is 42.0 Å². The molecule has 164 valence electrons. The summed E-state index contributed by atoms with van der Waals surface area (Å²) in [7, 11) is 0. The van der Waals surface area contributed by atoms with E-state index in [1.165, 1.54) is 27.9 Å². The van der Waals surface area contributed by atoms with Crippen LogP contribution in [0.15, 0.2) is 42.5 Å². The molecule has 6 heteroatoms. The second-order valence-corrected chi connectivity index (χ2v) is 9.75. The highest BCUT2D eigenvalue weighted by Gasteiger charge is 2.33. The van der Waals surface area contributed by atoms with Gasteiger partial charge in [-0.2, -0.15) is 0 Å². The van der Waals surface area contributed by atoms with Crippen molar-refractivity contribution >= 4 is 5.69 Å². The number of benzene rings is 2. The molecule has 1 atom stereocenters. The summed E-state index contributed by atoms with van der Waals surface area (Å²) in [5.74, 6) is 0.913. The van der Waals surface area contributed by atoms with Crippen LogP contribution in [0.25, 0.3) is 0 Å². The first-order valence-corrected chi connectivity index (χ1v) is 11.2. The molecule has 1 aromatic heterocycles. The van der Waals surface area contributed by atoms with Crippen molar-refractivity contribution < 1.29 is 0 Å². The average molecular weight is 419 g/mol. The molecule has 2 heterocycles. The molecule has 1 saturated heterocycles. The Labute approximate surface area is 185 Å². The van der Waals surface area contributed by atoms with Crippen molar-refractivity contribution in [2.24, 2.45) is 0 Å².